The van der Waals surface area contributed by atoms with Crippen LogP contribution in [0.1, 0.15) is 11.1 Å². The second-order valence-electron chi connectivity index (χ2n) is 2.97. The molecule has 0 bridgehead atoms. The number of fused-ring (bicyclic) bond motifs is 1. The van der Waals surface area contributed by atoms with Gasteiger partial charge in [0.05, 0.1) is 6.61 Å². The molecule has 2 rings (SSSR count). The van der Waals surface area contributed by atoms with E-state index in [0.29, 0.717) is 10.0 Å². The second-order valence-corrected chi connectivity index (χ2v) is 3.83. The zero-order valence-electron chi connectivity index (χ0n) is 6.69. The quantitative estimate of drug-likeness (QED) is 0.686. The van der Waals surface area contributed by atoms with Crippen molar-refractivity contribution in [3.8, 4) is 0 Å². The van der Waals surface area contributed by atoms with E-state index in [2.05, 4.69) is 15.9 Å². The van der Waals surface area contributed by atoms with E-state index >= 15 is 0 Å². The third-order valence-electron chi connectivity index (χ3n) is 2.01. The van der Waals surface area contributed by atoms with Crippen LogP contribution in [0, 0.1) is 0 Å². The summed E-state index contributed by atoms with van der Waals surface area (Å²) in [5.41, 5.74) is 0.631. The minimum Gasteiger partial charge on any atom is -0.370 e. The molecule has 4 heteroatoms. The van der Waals surface area contributed by atoms with E-state index in [1.165, 1.54) is 0 Å². The van der Waals surface area contributed by atoms with Crippen LogP contribution >= 0.6 is 15.9 Å². The molecule has 0 radical (unpaired) electrons. The summed E-state index contributed by atoms with van der Waals surface area (Å²) >= 11 is 3.12. The molecule has 0 unspecified atom stereocenters. The van der Waals surface area contributed by atoms with Crippen molar-refractivity contribution in [1.82, 2.24) is 0 Å². The summed E-state index contributed by atoms with van der Waals surface area (Å²) in [4.78, 5) is 0. The Balaban J connectivity index is 2.61. The molecule has 13 heavy (non-hydrogen) atoms. The van der Waals surface area contributed by atoms with Crippen LogP contribution in [0.2, 0.25) is 0 Å². The van der Waals surface area contributed by atoms with Crippen LogP contribution in [0.3, 0.4) is 0 Å². The fourth-order valence-electron chi connectivity index (χ4n) is 1.46. The normalized spacial score (nSPS) is 19.6. The third-order valence-corrected chi connectivity index (χ3v) is 2.67. The van der Waals surface area contributed by atoms with Crippen LogP contribution in [0.5, 0.6) is 0 Å². The van der Waals surface area contributed by atoms with Crippen molar-refractivity contribution in [1.29, 1.82) is 0 Å². The molecule has 0 fully saturated rings. The number of hydrogen-bond acceptors (Lipinski definition) is 1. The number of rotatable bonds is 0. The van der Waals surface area contributed by atoms with Crippen LogP contribution in [-0.2, 0) is 17.3 Å². The third kappa shape index (κ3) is 1.48. The fourth-order valence-corrected chi connectivity index (χ4v) is 2.16. The molecule has 1 aliphatic heterocycles. The second kappa shape index (κ2) is 3.03. The van der Waals surface area contributed by atoms with Crippen molar-refractivity contribution < 1.29 is 13.5 Å². The lowest BCUT2D eigenvalue weighted by Crippen LogP contribution is -2.28. The van der Waals surface area contributed by atoms with E-state index in [4.69, 9.17) is 4.74 Å². The molecule has 0 spiro atoms. The molecular weight excluding hydrogens is 242 g/mol. The molecule has 0 N–H and O–H groups in total. The van der Waals surface area contributed by atoms with Gasteiger partial charge in [0.15, 0.2) is 0 Å². The minimum atomic E-state index is -2.87. The SMILES string of the molecule is FC1(F)COCc2cccc(Br)c21. The van der Waals surface area contributed by atoms with Gasteiger partial charge in [-0.15, -0.1) is 0 Å². The molecule has 70 valence electrons. The monoisotopic (exact) mass is 248 g/mol. The predicted octanol–water partition coefficient (Wildman–Crippen LogP) is 3.07. The molecule has 1 aromatic carbocycles. The van der Waals surface area contributed by atoms with Crippen molar-refractivity contribution in [3.63, 3.8) is 0 Å². The van der Waals surface area contributed by atoms with E-state index in [9.17, 15) is 8.78 Å². The van der Waals surface area contributed by atoms with E-state index in [1.54, 1.807) is 18.2 Å². The van der Waals surface area contributed by atoms with Crippen LogP contribution in [0.4, 0.5) is 8.78 Å². The maximum absolute atomic E-state index is 13.3. The first-order valence-electron chi connectivity index (χ1n) is 3.85. The fraction of sp³-hybridized carbons (Fsp3) is 0.333. The molecule has 0 amide bonds. The predicted molar refractivity (Wildman–Crippen MR) is 47.7 cm³/mol. The van der Waals surface area contributed by atoms with E-state index in [0.717, 1.165) is 0 Å². The lowest BCUT2D eigenvalue weighted by Gasteiger charge is -2.26. The highest BCUT2D eigenvalue weighted by Crippen LogP contribution is 2.39. The van der Waals surface area contributed by atoms with Crippen molar-refractivity contribution in [2.24, 2.45) is 0 Å². The number of halogens is 3. The lowest BCUT2D eigenvalue weighted by atomic mass is 10.0. The van der Waals surface area contributed by atoms with Crippen LogP contribution in [0.15, 0.2) is 22.7 Å². The largest absolute Gasteiger partial charge is 0.370 e. The number of alkyl halides is 2. The van der Waals surface area contributed by atoms with Gasteiger partial charge in [-0.1, -0.05) is 28.1 Å². The summed E-state index contributed by atoms with van der Waals surface area (Å²) in [6, 6.07) is 5.01. The smallest absolute Gasteiger partial charge is 0.297 e. The Hall–Kier alpha value is -0.480. The number of hydrogen-bond donors (Lipinski definition) is 0. The highest BCUT2D eigenvalue weighted by Gasteiger charge is 2.39. The zero-order valence-corrected chi connectivity index (χ0v) is 8.27. The summed E-state index contributed by atoms with van der Waals surface area (Å²) < 4.78 is 31.9. The maximum atomic E-state index is 13.3. The van der Waals surface area contributed by atoms with Crippen LogP contribution < -0.4 is 0 Å². The van der Waals surface area contributed by atoms with Crippen LogP contribution in [-0.4, -0.2) is 6.61 Å². The highest BCUT2D eigenvalue weighted by molar-refractivity contribution is 9.10. The average molecular weight is 249 g/mol. The van der Waals surface area contributed by atoms with Crippen molar-refractivity contribution in [2.75, 3.05) is 6.61 Å². The molecular formula is C9H7BrF2O. The molecule has 0 atom stereocenters. The first-order valence-corrected chi connectivity index (χ1v) is 4.64. The first-order chi connectivity index (χ1) is 6.11. The van der Waals surface area contributed by atoms with Gasteiger partial charge in [0.25, 0.3) is 5.92 Å². The Morgan fingerprint density at radius 3 is 2.85 bits per heavy atom. The highest BCUT2D eigenvalue weighted by atomic mass is 79.9. The van der Waals surface area contributed by atoms with Gasteiger partial charge in [-0.3, -0.25) is 0 Å². The molecule has 0 aliphatic carbocycles. The van der Waals surface area contributed by atoms with E-state index < -0.39 is 12.5 Å². The molecule has 0 aromatic heterocycles. The van der Waals surface area contributed by atoms with Gasteiger partial charge >= 0.3 is 0 Å². The van der Waals surface area contributed by atoms with Crippen molar-refractivity contribution in [2.45, 2.75) is 12.5 Å². The van der Waals surface area contributed by atoms with Gasteiger partial charge in [-0.25, -0.2) is 0 Å². The average Bonchev–Trinajstić information content (AvgIpc) is 2.02. The number of ether oxygens (including phenoxy) is 1. The number of benzene rings is 1. The molecule has 1 nitrogen and oxygen atoms in total. The van der Waals surface area contributed by atoms with E-state index in [-0.39, 0.29) is 12.2 Å². The topological polar surface area (TPSA) is 9.23 Å². The van der Waals surface area contributed by atoms with Crippen LogP contribution in [0.25, 0.3) is 0 Å². The summed E-state index contributed by atoms with van der Waals surface area (Å²) in [6.07, 6.45) is 0. The minimum absolute atomic E-state index is 0.0706. The van der Waals surface area contributed by atoms with E-state index in [1.807, 2.05) is 0 Å². The van der Waals surface area contributed by atoms with Crippen molar-refractivity contribution in [3.05, 3.63) is 33.8 Å². The molecule has 0 saturated heterocycles. The van der Waals surface area contributed by atoms with Gasteiger partial charge in [-0.2, -0.15) is 8.78 Å². The Kier molecular flexibility index (Phi) is 2.12. The van der Waals surface area contributed by atoms with Gasteiger partial charge in [0.2, 0.25) is 0 Å². The van der Waals surface area contributed by atoms with Gasteiger partial charge in [0.1, 0.15) is 6.61 Å². The summed E-state index contributed by atoms with van der Waals surface area (Å²) in [7, 11) is 0. The first kappa shape index (κ1) is 9.09. The van der Waals surface area contributed by atoms with Gasteiger partial charge in [0, 0.05) is 10.0 Å². The standard InChI is InChI=1S/C9H7BrF2O/c10-7-3-1-2-6-4-13-5-9(11,12)8(6)7/h1-3H,4-5H2. The lowest BCUT2D eigenvalue weighted by molar-refractivity contribution is -0.103. The zero-order chi connectivity index (χ0) is 9.47. The molecule has 1 heterocycles. The molecule has 1 aromatic rings. The Morgan fingerprint density at radius 1 is 1.38 bits per heavy atom. The molecule has 0 saturated carbocycles. The molecule has 1 aliphatic rings. The Labute approximate surface area is 82.8 Å². The van der Waals surface area contributed by atoms with Gasteiger partial charge in [-0.05, 0) is 11.6 Å². The summed E-state index contributed by atoms with van der Waals surface area (Å²) in [5, 5.41) is 0. The summed E-state index contributed by atoms with van der Waals surface area (Å²) in [6.45, 7) is -0.257. The Bertz CT molecular complexity index is 338. The summed E-state index contributed by atoms with van der Waals surface area (Å²) in [5.74, 6) is -2.87. The van der Waals surface area contributed by atoms with Gasteiger partial charge < -0.3 is 4.74 Å². The van der Waals surface area contributed by atoms with Crippen molar-refractivity contribution >= 4 is 15.9 Å². The Morgan fingerprint density at radius 2 is 2.15 bits per heavy atom. The maximum Gasteiger partial charge on any atom is 0.297 e.